The summed E-state index contributed by atoms with van der Waals surface area (Å²) in [5.41, 5.74) is 4.42. The lowest BCUT2D eigenvalue weighted by atomic mass is 9.98. The number of aliphatic carboxylic acids is 1. The fourth-order valence-corrected chi connectivity index (χ4v) is 3.88. The molecule has 7 nitrogen and oxygen atoms in total. The van der Waals surface area contributed by atoms with E-state index >= 15 is 0 Å². The fraction of sp³-hybridized carbons (Fsp3) is 0.375. The molecule has 2 unspecified atom stereocenters. The van der Waals surface area contributed by atoms with Gasteiger partial charge in [0.25, 0.3) is 0 Å². The third-order valence-electron chi connectivity index (χ3n) is 5.67. The summed E-state index contributed by atoms with van der Waals surface area (Å²) < 4.78 is 30.3. The fourth-order valence-electron chi connectivity index (χ4n) is 3.88. The number of fused-ring (bicyclic) bond motifs is 3. The van der Waals surface area contributed by atoms with E-state index in [1.165, 1.54) is 6.92 Å². The molecule has 3 rings (SSSR count). The van der Waals surface area contributed by atoms with Gasteiger partial charge in [-0.1, -0.05) is 55.5 Å². The first kappa shape index (κ1) is 24.2. The lowest BCUT2D eigenvalue weighted by molar-refractivity contribution is -0.143. The Hall–Kier alpha value is -3.49. The maximum absolute atomic E-state index is 12.5. The first-order chi connectivity index (χ1) is 15.8. The molecule has 0 aliphatic heterocycles. The highest BCUT2D eigenvalue weighted by Gasteiger charge is 2.29. The molecule has 33 heavy (non-hydrogen) atoms. The molecular weight excluding hydrogens is 434 g/mol. The maximum Gasteiger partial charge on any atom is 0.407 e. The van der Waals surface area contributed by atoms with Gasteiger partial charge in [-0.2, -0.15) is 0 Å². The molecule has 0 bridgehead atoms. The van der Waals surface area contributed by atoms with Gasteiger partial charge in [-0.25, -0.2) is 18.4 Å². The number of carboxylic acid groups (broad SMARTS) is 1. The molecule has 1 aliphatic rings. The number of alkyl carbamates (subject to hydrolysis) is 1. The minimum atomic E-state index is -2.85. The van der Waals surface area contributed by atoms with Crippen LogP contribution in [0, 0.1) is 5.92 Å². The second kappa shape index (κ2) is 10.9. The number of carboxylic acids is 1. The third kappa shape index (κ3) is 6.06. The van der Waals surface area contributed by atoms with Crippen molar-refractivity contribution in [3.63, 3.8) is 0 Å². The highest BCUT2D eigenvalue weighted by Crippen LogP contribution is 2.44. The van der Waals surface area contributed by atoms with Crippen molar-refractivity contribution in [2.45, 2.75) is 38.2 Å². The van der Waals surface area contributed by atoms with Crippen LogP contribution < -0.4 is 10.6 Å². The molecule has 2 atom stereocenters. The van der Waals surface area contributed by atoms with Crippen molar-refractivity contribution in [3.05, 3.63) is 59.7 Å². The van der Waals surface area contributed by atoms with E-state index in [2.05, 4.69) is 10.6 Å². The van der Waals surface area contributed by atoms with E-state index in [9.17, 15) is 23.2 Å². The van der Waals surface area contributed by atoms with Gasteiger partial charge in [-0.15, -0.1) is 0 Å². The summed E-state index contributed by atoms with van der Waals surface area (Å²) in [7, 11) is 0. The second-order valence-electron chi connectivity index (χ2n) is 7.97. The molecule has 0 saturated heterocycles. The van der Waals surface area contributed by atoms with Crippen molar-refractivity contribution in [1.29, 1.82) is 0 Å². The SMILES string of the molecule is CC(CCNC(=O)OCC1c2ccccc2-c2ccccc21)C(=O)NC(CC(F)F)C(=O)O. The standard InChI is InChI=1S/C24H26F2N2O5/c1-14(22(29)28-20(23(30)31)12-21(25)26)10-11-27-24(32)33-13-19-17-8-4-2-6-15(17)16-7-3-5-9-18(16)19/h2-9,14,19-21H,10-13H2,1H3,(H,27,32)(H,28,29)(H,30,31). The third-order valence-corrected chi connectivity index (χ3v) is 5.67. The van der Waals surface area contributed by atoms with Crippen molar-refractivity contribution in [1.82, 2.24) is 10.6 Å². The monoisotopic (exact) mass is 460 g/mol. The molecule has 176 valence electrons. The largest absolute Gasteiger partial charge is 0.480 e. The van der Waals surface area contributed by atoms with Gasteiger partial charge in [0.1, 0.15) is 12.6 Å². The van der Waals surface area contributed by atoms with Crippen LogP contribution in [-0.2, 0) is 14.3 Å². The average Bonchev–Trinajstić information content (AvgIpc) is 3.10. The van der Waals surface area contributed by atoms with Crippen molar-refractivity contribution >= 4 is 18.0 Å². The van der Waals surface area contributed by atoms with E-state index in [-0.39, 0.29) is 25.5 Å². The van der Waals surface area contributed by atoms with Crippen LogP contribution in [0.3, 0.4) is 0 Å². The van der Waals surface area contributed by atoms with Gasteiger partial charge in [0, 0.05) is 24.8 Å². The van der Waals surface area contributed by atoms with Gasteiger partial charge in [0.05, 0.1) is 0 Å². The predicted octanol–water partition coefficient (Wildman–Crippen LogP) is 3.78. The Labute approximate surface area is 190 Å². The molecule has 0 radical (unpaired) electrons. The summed E-state index contributed by atoms with van der Waals surface area (Å²) >= 11 is 0. The van der Waals surface area contributed by atoms with Crippen LogP contribution in [0.15, 0.2) is 48.5 Å². The van der Waals surface area contributed by atoms with Crippen LogP contribution >= 0.6 is 0 Å². The molecule has 1 aliphatic carbocycles. The van der Waals surface area contributed by atoms with Crippen LogP contribution in [0.5, 0.6) is 0 Å². The molecule has 2 aromatic rings. The zero-order valence-electron chi connectivity index (χ0n) is 18.1. The van der Waals surface area contributed by atoms with E-state index in [1.807, 2.05) is 48.5 Å². The average molecular weight is 460 g/mol. The molecule has 0 aromatic heterocycles. The maximum atomic E-state index is 12.5. The number of hydrogen-bond donors (Lipinski definition) is 3. The molecule has 9 heteroatoms. The Bertz CT molecular complexity index is 968. The molecule has 0 saturated carbocycles. The summed E-state index contributed by atoms with van der Waals surface area (Å²) in [6, 6.07) is 14.3. The highest BCUT2D eigenvalue weighted by atomic mass is 19.3. The Morgan fingerprint density at radius 1 is 1.03 bits per heavy atom. The first-order valence-corrected chi connectivity index (χ1v) is 10.7. The zero-order valence-corrected chi connectivity index (χ0v) is 18.1. The Balaban J connectivity index is 1.46. The van der Waals surface area contributed by atoms with Crippen LogP contribution in [0.25, 0.3) is 11.1 Å². The molecule has 2 aromatic carbocycles. The van der Waals surface area contributed by atoms with E-state index in [0.29, 0.717) is 0 Å². The first-order valence-electron chi connectivity index (χ1n) is 10.7. The van der Waals surface area contributed by atoms with Gasteiger partial charge in [0.15, 0.2) is 0 Å². The number of amides is 2. The number of hydrogen-bond acceptors (Lipinski definition) is 4. The summed E-state index contributed by atoms with van der Waals surface area (Å²) in [6.07, 6.45) is -4.26. The van der Waals surface area contributed by atoms with Gasteiger partial charge in [0.2, 0.25) is 12.3 Å². The smallest absolute Gasteiger partial charge is 0.407 e. The number of nitrogens with one attached hydrogen (secondary N) is 2. The summed E-state index contributed by atoms with van der Waals surface area (Å²) in [4.78, 5) is 35.3. The molecule has 0 heterocycles. The van der Waals surface area contributed by atoms with E-state index in [1.54, 1.807) is 0 Å². The minimum absolute atomic E-state index is 0.0735. The van der Waals surface area contributed by atoms with Crippen molar-refractivity contribution in [3.8, 4) is 11.1 Å². The van der Waals surface area contributed by atoms with Gasteiger partial charge >= 0.3 is 12.1 Å². The Morgan fingerprint density at radius 3 is 2.15 bits per heavy atom. The van der Waals surface area contributed by atoms with Crippen molar-refractivity contribution < 1.29 is 33.0 Å². The molecular formula is C24H26F2N2O5. The zero-order chi connectivity index (χ0) is 24.0. The molecule has 3 N–H and O–H groups in total. The predicted molar refractivity (Wildman–Crippen MR) is 117 cm³/mol. The minimum Gasteiger partial charge on any atom is -0.480 e. The number of alkyl halides is 2. The quantitative estimate of drug-likeness (QED) is 0.501. The highest BCUT2D eigenvalue weighted by molar-refractivity contribution is 5.84. The normalized spacial score (nSPS) is 14.2. The Kier molecular flexibility index (Phi) is 7.97. The number of ether oxygens (including phenoxy) is 1. The lowest BCUT2D eigenvalue weighted by Crippen LogP contribution is -2.44. The van der Waals surface area contributed by atoms with Crippen molar-refractivity contribution in [2.24, 2.45) is 5.92 Å². The van der Waals surface area contributed by atoms with Gasteiger partial charge in [-0.05, 0) is 28.7 Å². The molecule has 2 amide bonds. The van der Waals surface area contributed by atoms with Gasteiger partial charge < -0.3 is 20.5 Å². The summed E-state index contributed by atoms with van der Waals surface area (Å²) in [5, 5.41) is 13.6. The van der Waals surface area contributed by atoms with Crippen LogP contribution in [-0.4, -0.2) is 48.7 Å². The number of halogens is 2. The van der Waals surface area contributed by atoms with E-state index < -0.39 is 42.8 Å². The lowest BCUT2D eigenvalue weighted by Gasteiger charge is -2.18. The topological polar surface area (TPSA) is 105 Å². The van der Waals surface area contributed by atoms with Crippen molar-refractivity contribution in [2.75, 3.05) is 13.2 Å². The number of benzene rings is 2. The van der Waals surface area contributed by atoms with E-state index in [4.69, 9.17) is 9.84 Å². The number of rotatable bonds is 10. The summed E-state index contributed by atoms with van der Waals surface area (Å²) in [6.45, 7) is 1.79. The summed E-state index contributed by atoms with van der Waals surface area (Å²) in [5.74, 6) is -2.95. The van der Waals surface area contributed by atoms with Gasteiger partial charge in [-0.3, -0.25) is 4.79 Å². The van der Waals surface area contributed by atoms with Crippen LogP contribution in [0.4, 0.5) is 13.6 Å². The number of carbonyl (C=O) groups is 3. The molecule has 0 spiro atoms. The Morgan fingerprint density at radius 2 is 1.61 bits per heavy atom. The molecule has 0 fully saturated rings. The second-order valence-corrected chi connectivity index (χ2v) is 7.97. The van der Waals surface area contributed by atoms with E-state index in [0.717, 1.165) is 22.3 Å². The number of carbonyl (C=O) groups excluding carboxylic acids is 2. The van der Waals surface area contributed by atoms with Crippen LogP contribution in [0.2, 0.25) is 0 Å². The van der Waals surface area contributed by atoms with Crippen LogP contribution in [0.1, 0.15) is 36.8 Å².